The molecule has 2 N–H and O–H groups in total. The Morgan fingerprint density at radius 2 is 1.89 bits per heavy atom. The lowest BCUT2D eigenvalue weighted by Crippen LogP contribution is -2.19. The van der Waals surface area contributed by atoms with E-state index in [4.69, 9.17) is 4.74 Å². The number of aromatic nitrogens is 8. The number of rotatable bonds is 5. The van der Waals surface area contributed by atoms with Crippen LogP contribution in [0, 0.1) is 6.92 Å². The summed E-state index contributed by atoms with van der Waals surface area (Å²) in [5.74, 6) is 0.794. The number of aryl methyl sites for hydroxylation is 1. The highest BCUT2D eigenvalue weighted by Gasteiger charge is 2.17. The van der Waals surface area contributed by atoms with Crippen molar-refractivity contribution in [1.29, 1.82) is 0 Å². The molecule has 6 aromatic heterocycles. The zero-order valence-corrected chi connectivity index (χ0v) is 20.5. The summed E-state index contributed by atoms with van der Waals surface area (Å²) in [6, 6.07) is 8.15. The monoisotopic (exact) mass is 490 g/mol. The molecule has 6 heterocycles. The Morgan fingerprint density at radius 1 is 0.973 bits per heavy atom. The van der Waals surface area contributed by atoms with Crippen LogP contribution in [0.2, 0.25) is 0 Å². The number of ether oxygens (including phenoxy) is 1. The van der Waals surface area contributed by atoms with E-state index in [9.17, 15) is 0 Å². The lowest BCUT2D eigenvalue weighted by atomic mass is 9.98. The molecule has 0 atom stereocenters. The number of hydrogen-bond acceptors (Lipinski definition) is 6. The van der Waals surface area contributed by atoms with Gasteiger partial charge in [0.15, 0.2) is 0 Å². The van der Waals surface area contributed by atoms with Gasteiger partial charge in [0.05, 0.1) is 53.1 Å². The quantitative estimate of drug-likeness (QED) is 0.317. The molecular formula is C28H26N8O. The third-order valence-electron chi connectivity index (χ3n) is 7.06. The summed E-state index contributed by atoms with van der Waals surface area (Å²) in [5.41, 5.74) is 7.05. The molecular weight excluding hydrogens is 464 g/mol. The molecule has 0 aromatic carbocycles. The van der Waals surface area contributed by atoms with E-state index in [1.54, 1.807) is 12.4 Å². The second kappa shape index (κ2) is 8.85. The van der Waals surface area contributed by atoms with Crippen LogP contribution in [-0.2, 0) is 0 Å². The number of imidazole rings is 1. The molecule has 6 aromatic rings. The maximum atomic E-state index is 6.24. The van der Waals surface area contributed by atoms with Gasteiger partial charge in [0, 0.05) is 34.9 Å². The first-order valence-corrected chi connectivity index (χ1v) is 12.7. The summed E-state index contributed by atoms with van der Waals surface area (Å²) < 4.78 is 8.25. The van der Waals surface area contributed by atoms with Gasteiger partial charge in [-0.1, -0.05) is 6.42 Å². The Kier molecular flexibility index (Phi) is 5.20. The lowest BCUT2D eigenvalue weighted by molar-refractivity contribution is 0.154. The van der Waals surface area contributed by atoms with Crippen LogP contribution in [0.5, 0.6) is 5.75 Å². The van der Waals surface area contributed by atoms with Crippen molar-refractivity contribution in [2.24, 2.45) is 0 Å². The van der Waals surface area contributed by atoms with Crippen molar-refractivity contribution in [2.45, 2.75) is 45.1 Å². The minimum Gasteiger partial charge on any atom is -0.489 e. The highest BCUT2D eigenvalue weighted by molar-refractivity contribution is 5.97. The van der Waals surface area contributed by atoms with Crippen molar-refractivity contribution in [3.63, 3.8) is 0 Å². The smallest absolute Gasteiger partial charge is 0.139 e. The Balaban J connectivity index is 1.26. The van der Waals surface area contributed by atoms with Crippen molar-refractivity contribution in [1.82, 2.24) is 39.7 Å². The number of fused-ring (bicyclic) bond motifs is 2. The summed E-state index contributed by atoms with van der Waals surface area (Å²) in [5, 5.41) is 9.70. The van der Waals surface area contributed by atoms with Gasteiger partial charge in [0.1, 0.15) is 17.1 Å². The highest BCUT2D eigenvalue weighted by Crippen LogP contribution is 2.33. The summed E-state index contributed by atoms with van der Waals surface area (Å²) in [4.78, 5) is 21.5. The molecule has 0 amide bonds. The van der Waals surface area contributed by atoms with E-state index >= 15 is 0 Å². The zero-order chi connectivity index (χ0) is 24.8. The first-order valence-electron chi connectivity index (χ1n) is 12.7. The summed E-state index contributed by atoms with van der Waals surface area (Å²) in [7, 11) is 0. The van der Waals surface area contributed by atoms with Crippen LogP contribution >= 0.6 is 0 Å². The second-order valence-electron chi connectivity index (χ2n) is 9.67. The van der Waals surface area contributed by atoms with Gasteiger partial charge in [0.2, 0.25) is 0 Å². The van der Waals surface area contributed by atoms with Crippen molar-refractivity contribution in [3.8, 4) is 34.1 Å². The van der Waals surface area contributed by atoms with Gasteiger partial charge < -0.3 is 14.3 Å². The maximum absolute atomic E-state index is 6.24. The molecule has 37 heavy (non-hydrogen) atoms. The molecule has 1 aliphatic rings. The molecule has 0 unspecified atom stereocenters. The molecule has 9 nitrogen and oxygen atoms in total. The Hall–Kier alpha value is -4.53. The standard InChI is InChI=1S/C28H26N8O/c1-17-15-36(16-32-17)26-7-8-30-28-22(26)11-24(33-28)27-21-10-23(31-14-25(21)34-35-27)18-9-20(13-29-12-18)37-19-5-3-2-4-6-19/h7-16,19H,2-6H2,1H3,(H,30,33)(H,34,35). The number of nitrogens with zero attached hydrogens (tertiary/aromatic N) is 6. The highest BCUT2D eigenvalue weighted by atomic mass is 16.5. The normalized spacial score (nSPS) is 14.5. The average molecular weight is 491 g/mol. The van der Waals surface area contributed by atoms with Crippen LogP contribution in [0.3, 0.4) is 0 Å². The number of hydrogen-bond donors (Lipinski definition) is 2. The number of pyridine rings is 3. The number of aromatic amines is 2. The van der Waals surface area contributed by atoms with Crippen LogP contribution in [0.4, 0.5) is 0 Å². The molecule has 1 saturated carbocycles. The largest absolute Gasteiger partial charge is 0.489 e. The van der Waals surface area contributed by atoms with Gasteiger partial charge in [-0.2, -0.15) is 5.10 Å². The van der Waals surface area contributed by atoms with Gasteiger partial charge in [0.25, 0.3) is 0 Å². The molecule has 0 bridgehead atoms. The molecule has 1 fully saturated rings. The SMILES string of the molecule is Cc1cn(-c2ccnc3[nH]c(-c4n[nH]c5cnc(-c6cncc(OC7CCCCC7)c6)cc45)cc23)cn1. The zero-order valence-electron chi connectivity index (χ0n) is 20.5. The summed E-state index contributed by atoms with van der Waals surface area (Å²) in [6.07, 6.45) is 17.3. The van der Waals surface area contributed by atoms with Crippen molar-refractivity contribution >= 4 is 21.9 Å². The topological polar surface area (TPSA) is 110 Å². The van der Waals surface area contributed by atoms with E-state index in [0.717, 1.165) is 74.6 Å². The minimum absolute atomic E-state index is 0.272. The Bertz CT molecular complexity index is 1720. The van der Waals surface area contributed by atoms with E-state index in [1.165, 1.54) is 19.3 Å². The predicted octanol–water partition coefficient (Wildman–Crippen LogP) is 5.77. The first kappa shape index (κ1) is 21.7. The van der Waals surface area contributed by atoms with Gasteiger partial charge in [-0.05, 0) is 56.9 Å². The van der Waals surface area contributed by atoms with Crippen LogP contribution in [0.15, 0.2) is 61.6 Å². The molecule has 0 aliphatic heterocycles. The van der Waals surface area contributed by atoms with Crippen molar-refractivity contribution < 1.29 is 4.74 Å². The summed E-state index contributed by atoms with van der Waals surface area (Å²) in [6.45, 7) is 1.98. The average Bonchev–Trinajstić information content (AvgIpc) is 3.66. The first-order chi connectivity index (χ1) is 18.2. The minimum atomic E-state index is 0.272. The molecule has 7 rings (SSSR count). The Morgan fingerprint density at radius 3 is 2.76 bits per heavy atom. The predicted molar refractivity (Wildman–Crippen MR) is 142 cm³/mol. The molecule has 0 radical (unpaired) electrons. The van der Waals surface area contributed by atoms with Crippen molar-refractivity contribution in [2.75, 3.05) is 0 Å². The fourth-order valence-electron chi connectivity index (χ4n) is 5.20. The molecule has 0 saturated heterocycles. The third-order valence-corrected chi connectivity index (χ3v) is 7.06. The molecule has 184 valence electrons. The molecule has 9 heteroatoms. The van der Waals surface area contributed by atoms with Gasteiger partial charge in [-0.15, -0.1) is 0 Å². The van der Waals surface area contributed by atoms with Crippen LogP contribution in [0.1, 0.15) is 37.8 Å². The maximum Gasteiger partial charge on any atom is 0.139 e. The fourth-order valence-corrected chi connectivity index (χ4v) is 5.20. The van der Waals surface area contributed by atoms with Crippen molar-refractivity contribution in [3.05, 3.63) is 67.3 Å². The molecule has 0 spiro atoms. The van der Waals surface area contributed by atoms with Crippen LogP contribution < -0.4 is 4.74 Å². The third kappa shape index (κ3) is 4.02. The fraction of sp³-hybridized carbons (Fsp3) is 0.250. The van der Waals surface area contributed by atoms with E-state index in [0.29, 0.717) is 0 Å². The van der Waals surface area contributed by atoms with Gasteiger partial charge >= 0.3 is 0 Å². The second-order valence-corrected chi connectivity index (χ2v) is 9.67. The summed E-state index contributed by atoms with van der Waals surface area (Å²) >= 11 is 0. The molecule has 1 aliphatic carbocycles. The number of nitrogens with one attached hydrogen (secondary N) is 2. The van der Waals surface area contributed by atoms with E-state index in [1.807, 2.05) is 48.5 Å². The van der Waals surface area contributed by atoms with Gasteiger partial charge in [-0.3, -0.25) is 15.1 Å². The van der Waals surface area contributed by atoms with Crippen LogP contribution in [-0.4, -0.2) is 45.8 Å². The van der Waals surface area contributed by atoms with E-state index < -0.39 is 0 Å². The van der Waals surface area contributed by atoms with Gasteiger partial charge in [-0.25, -0.2) is 9.97 Å². The lowest BCUT2D eigenvalue weighted by Gasteiger charge is -2.22. The van der Waals surface area contributed by atoms with E-state index in [2.05, 4.69) is 47.2 Å². The number of H-pyrrole nitrogens is 2. The van der Waals surface area contributed by atoms with E-state index in [-0.39, 0.29) is 6.10 Å². The van der Waals surface area contributed by atoms with Crippen LogP contribution in [0.25, 0.3) is 50.3 Å². The Labute approximate surface area is 213 Å².